The molecule has 2 amide bonds. The van der Waals surface area contributed by atoms with Crippen molar-refractivity contribution >= 4 is 12.0 Å². The minimum absolute atomic E-state index is 0.256. The number of para-hydroxylation sites is 1. The first-order chi connectivity index (χ1) is 16.3. The molecule has 6 nitrogen and oxygen atoms in total. The number of nitrogens with one attached hydrogen (secondary N) is 2. The molecule has 0 spiro atoms. The molecule has 6 heteroatoms. The Morgan fingerprint density at radius 1 is 0.824 bits per heavy atom. The van der Waals surface area contributed by atoms with Crippen LogP contribution in [0.25, 0.3) is 0 Å². The molecular weight excluding hydrogens is 428 g/mol. The summed E-state index contributed by atoms with van der Waals surface area (Å²) >= 11 is 0. The van der Waals surface area contributed by atoms with Gasteiger partial charge in [0.25, 0.3) is 0 Å². The first kappa shape index (κ1) is 24.8. The molecule has 0 saturated heterocycles. The zero-order valence-electron chi connectivity index (χ0n) is 20.1. The normalized spacial score (nSPS) is 12.0. The van der Waals surface area contributed by atoms with Crippen LogP contribution >= 0.6 is 0 Å². The van der Waals surface area contributed by atoms with Gasteiger partial charge in [0.05, 0.1) is 7.11 Å². The van der Waals surface area contributed by atoms with Crippen LogP contribution < -0.4 is 15.4 Å². The summed E-state index contributed by atoms with van der Waals surface area (Å²) in [5, 5.41) is 5.80. The Labute approximate surface area is 201 Å². The van der Waals surface area contributed by atoms with E-state index in [-0.39, 0.29) is 12.5 Å². The monoisotopic (exact) mass is 460 g/mol. The third kappa shape index (κ3) is 6.85. The van der Waals surface area contributed by atoms with Crippen LogP contribution in [0, 0.1) is 0 Å². The summed E-state index contributed by atoms with van der Waals surface area (Å²) in [5.74, 6) is -0.0656. The Kier molecular flexibility index (Phi) is 8.30. The summed E-state index contributed by atoms with van der Waals surface area (Å²) in [7, 11) is 1.59. The summed E-state index contributed by atoms with van der Waals surface area (Å²) in [5.41, 5.74) is 1.95. The SMILES string of the molecule is COc1ccccc1CNC(=O)C(NC(=O)OC(C)(C)C)C(c1ccccc1)c1ccccc1. The first-order valence-electron chi connectivity index (χ1n) is 11.3. The van der Waals surface area contributed by atoms with E-state index >= 15 is 0 Å². The topological polar surface area (TPSA) is 76.7 Å². The summed E-state index contributed by atoms with van der Waals surface area (Å²) in [4.78, 5) is 26.4. The van der Waals surface area contributed by atoms with Gasteiger partial charge in [-0.3, -0.25) is 4.79 Å². The van der Waals surface area contributed by atoms with E-state index < -0.39 is 23.7 Å². The Balaban J connectivity index is 1.95. The van der Waals surface area contributed by atoms with Crippen molar-refractivity contribution in [1.29, 1.82) is 0 Å². The molecule has 3 rings (SSSR count). The summed E-state index contributed by atoms with van der Waals surface area (Å²) in [6.07, 6.45) is -0.651. The van der Waals surface area contributed by atoms with Crippen molar-refractivity contribution in [3.8, 4) is 5.75 Å². The molecule has 0 radical (unpaired) electrons. The number of carbonyl (C=O) groups is 2. The molecule has 3 aromatic carbocycles. The second kappa shape index (κ2) is 11.4. The van der Waals surface area contributed by atoms with E-state index in [9.17, 15) is 9.59 Å². The second-order valence-corrected chi connectivity index (χ2v) is 8.95. The van der Waals surface area contributed by atoms with Crippen molar-refractivity contribution in [3.05, 3.63) is 102 Å². The van der Waals surface area contributed by atoms with E-state index in [1.807, 2.05) is 84.9 Å². The molecule has 0 saturated carbocycles. The maximum absolute atomic E-state index is 13.6. The van der Waals surface area contributed by atoms with Crippen molar-refractivity contribution in [2.75, 3.05) is 7.11 Å². The molecule has 1 unspecified atom stereocenters. The van der Waals surface area contributed by atoms with Crippen molar-refractivity contribution in [3.63, 3.8) is 0 Å². The Morgan fingerprint density at radius 3 is 1.88 bits per heavy atom. The molecule has 0 heterocycles. The number of methoxy groups -OCH3 is 1. The third-order valence-electron chi connectivity index (χ3n) is 5.25. The highest BCUT2D eigenvalue weighted by molar-refractivity contribution is 5.87. The summed E-state index contributed by atoms with van der Waals surface area (Å²) in [6.45, 7) is 5.62. The van der Waals surface area contributed by atoms with Gasteiger partial charge in [-0.1, -0.05) is 78.9 Å². The number of hydrogen-bond acceptors (Lipinski definition) is 4. The molecule has 2 N–H and O–H groups in total. The molecule has 1 atom stereocenters. The Bertz CT molecular complexity index is 1040. The van der Waals surface area contributed by atoms with Crippen LogP contribution in [-0.2, 0) is 16.1 Å². The maximum atomic E-state index is 13.6. The fourth-order valence-corrected chi connectivity index (χ4v) is 3.77. The van der Waals surface area contributed by atoms with Gasteiger partial charge in [-0.25, -0.2) is 4.79 Å². The van der Waals surface area contributed by atoms with Crippen LogP contribution in [0.4, 0.5) is 4.79 Å². The lowest BCUT2D eigenvalue weighted by Crippen LogP contribution is -2.51. The lowest BCUT2D eigenvalue weighted by Gasteiger charge is -2.29. The highest BCUT2D eigenvalue weighted by atomic mass is 16.6. The van der Waals surface area contributed by atoms with E-state index in [4.69, 9.17) is 9.47 Å². The molecule has 0 bridgehead atoms. The van der Waals surface area contributed by atoms with Crippen LogP contribution in [0.1, 0.15) is 43.4 Å². The molecule has 0 aliphatic carbocycles. The van der Waals surface area contributed by atoms with Crippen molar-refractivity contribution in [1.82, 2.24) is 10.6 Å². The largest absolute Gasteiger partial charge is 0.496 e. The third-order valence-corrected chi connectivity index (χ3v) is 5.25. The smallest absolute Gasteiger partial charge is 0.408 e. The minimum Gasteiger partial charge on any atom is -0.496 e. The molecule has 0 aliphatic heterocycles. The van der Waals surface area contributed by atoms with Gasteiger partial charge < -0.3 is 20.1 Å². The molecule has 178 valence electrons. The van der Waals surface area contributed by atoms with Crippen LogP contribution in [0.15, 0.2) is 84.9 Å². The van der Waals surface area contributed by atoms with Gasteiger partial charge in [0, 0.05) is 18.0 Å². The molecule has 0 aromatic heterocycles. The minimum atomic E-state index is -0.908. The predicted molar refractivity (Wildman–Crippen MR) is 133 cm³/mol. The maximum Gasteiger partial charge on any atom is 0.408 e. The fraction of sp³-hybridized carbons (Fsp3) is 0.286. The molecule has 34 heavy (non-hydrogen) atoms. The van der Waals surface area contributed by atoms with E-state index in [2.05, 4.69) is 10.6 Å². The van der Waals surface area contributed by atoms with Crippen LogP contribution in [-0.4, -0.2) is 30.8 Å². The van der Waals surface area contributed by atoms with Crippen molar-refractivity contribution in [2.45, 2.75) is 44.9 Å². The lowest BCUT2D eigenvalue weighted by molar-refractivity contribution is -0.123. The van der Waals surface area contributed by atoms with E-state index in [0.29, 0.717) is 5.75 Å². The number of amides is 2. The number of ether oxygens (including phenoxy) is 2. The van der Waals surface area contributed by atoms with Gasteiger partial charge in [-0.05, 0) is 38.0 Å². The zero-order chi connectivity index (χ0) is 24.6. The standard InChI is InChI=1S/C28H32N2O4/c1-28(2,3)34-27(32)30-25(26(31)29-19-22-17-11-12-18-23(22)33-4)24(20-13-7-5-8-14-20)21-15-9-6-10-16-21/h5-18,24-25H,19H2,1-4H3,(H,29,31)(H,30,32). The number of alkyl carbamates (subject to hydrolysis) is 1. The quantitative estimate of drug-likeness (QED) is 0.494. The molecule has 0 aliphatic rings. The molecule has 0 fully saturated rings. The number of rotatable bonds is 8. The summed E-state index contributed by atoms with van der Waals surface area (Å²) in [6, 6.07) is 25.9. The first-order valence-corrected chi connectivity index (χ1v) is 11.3. The van der Waals surface area contributed by atoms with Gasteiger partial charge in [0.15, 0.2) is 0 Å². The average Bonchev–Trinajstić information content (AvgIpc) is 2.82. The van der Waals surface area contributed by atoms with E-state index in [1.54, 1.807) is 27.9 Å². The van der Waals surface area contributed by atoms with Crippen LogP contribution in [0.2, 0.25) is 0 Å². The van der Waals surface area contributed by atoms with E-state index in [0.717, 1.165) is 16.7 Å². The average molecular weight is 461 g/mol. The van der Waals surface area contributed by atoms with Gasteiger partial charge in [-0.15, -0.1) is 0 Å². The lowest BCUT2D eigenvalue weighted by atomic mass is 9.84. The van der Waals surface area contributed by atoms with Gasteiger partial charge in [0.1, 0.15) is 17.4 Å². The fourth-order valence-electron chi connectivity index (χ4n) is 3.77. The van der Waals surface area contributed by atoms with Gasteiger partial charge in [0.2, 0.25) is 5.91 Å². The van der Waals surface area contributed by atoms with Gasteiger partial charge in [-0.2, -0.15) is 0 Å². The number of benzene rings is 3. The van der Waals surface area contributed by atoms with Crippen LogP contribution in [0.5, 0.6) is 5.75 Å². The van der Waals surface area contributed by atoms with Crippen molar-refractivity contribution < 1.29 is 19.1 Å². The Hall–Kier alpha value is -3.80. The Morgan fingerprint density at radius 2 is 1.35 bits per heavy atom. The number of hydrogen-bond donors (Lipinski definition) is 2. The number of carbonyl (C=O) groups excluding carboxylic acids is 2. The molecule has 3 aromatic rings. The van der Waals surface area contributed by atoms with E-state index in [1.165, 1.54) is 0 Å². The highest BCUT2D eigenvalue weighted by Gasteiger charge is 2.33. The second-order valence-electron chi connectivity index (χ2n) is 8.95. The zero-order valence-corrected chi connectivity index (χ0v) is 20.1. The van der Waals surface area contributed by atoms with Crippen LogP contribution in [0.3, 0.4) is 0 Å². The van der Waals surface area contributed by atoms with Crippen molar-refractivity contribution in [2.24, 2.45) is 0 Å². The molecular formula is C28H32N2O4. The highest BCUT2D eigenvalue weighted by Crippen LogP contribution is 2.29. The predicted octanol–water partition coefficient (Wildman–Crippen LogP) is 5.04. The summed E-state index contributed by atoms with van der Waals surface area (Å²) < 4.78 is 10.9. The van der Waals surface area contributed by atoms with Gasteiger partial charge >= 0.3 is 6.09 Å².